The van der Waals surface area contributed by atoms with Crippen molar-refractivity contribution in [3.8, 4) is 0 Å². The number of hydrogen-bond donors (Lipinski definition) is 1. The van der Waals surface area contributed by atoms with Crippen molar-refractivity contribution >= 4 is 32.7 Å². The number of amides is 1. The first-order chi connectivity index (χ1) is 11.5. The van der Waals surface area contributed by atoms with Crippen LogP contribution >= 0.6 is 15.9 Å². The Bertz CT molecular complexity index is 794. The molecule has 0 spiro atoms. The van der Waals surface area contributed by atoms with Crippen LogP contribution in [0.3, 0.4) is 0 Å². The number of fused-ring (bicyclic) bond motifs is 1. The number of carbonyl (C=O) groups is 1. The molecule has 1 N–H and O–H groups in total. The van der Waals surface area contributed by atoms with Crippen LogP contribution in [0, 0.1) is 5.92 Å². The molecule has 1 heterocycles. The predicted octanol–water partition coefficient (Wildman–Crippen LogP) is 3.24. The summed E-state index contributed by atoms with van der Waals surface area (Å²) in [5, 5.41) is 3.66. The third-order valence-electron chi connectivity index (χ3n) is 4.75. The van der Waals surface area contributed by atoms with Crippen LogP contribution in [0.25, 0.3) is 10.9 Å². The third kappa shape index (κ3) is 4.04. The highest BCUT2D eigenvalue weighted by Crippen LogP contribution is 2.23. The lowest BCUT2D eigenvalue weighted by Crippen LogP contribution is -2.38. The third-order valence-corrected chi connectivity index (χ3v) is 5.24. The normalized spacial score (nSPS) is 20.9. The van der Waals surface area contributed by atoms with Crippen molar-refractivity contribution in [3.05, 3.63) is 39.4 Å². The molecule has 24 heavy (non-hydrogen) atoms. The van der Waals surface area contributed by atoms with Crippen LogP contribution in [0.4, 0.5) is 0 Å². The molecule has 1 amide bonds. The van der Waals surface area contributed by atoms with Crippen LogP contribution in [-0.2, 0) is 11.3 Å². The van der Waals surface area contributed by atoms with E-state index in [2.05, 4.69) is 33.2 Å². The van der Waals surface area contributed by atoms with Gasteiger partial charge in [0, 0.05) is 23.5 Å². The monoisotopic (exact) mass is 391 g/mol. The van der Waals surface area contributed by atoms with Crippen LogP contribution in [0.2, 0.25) is 0 Å². The van der Waals surface area contributed by atoms with Crippen molar-refractivity contribution in [2.24, 2.45) is 5.92 Å². The highest BCUT2D eigenvalue weighted by molar-refractivity contribution is 9.10. The minimum Gasteiger partial charge on any atom is -0.353 e. The first-order valence-electron chi connectivity index (χ1n) is 8.47. The highest BCUT2D eigenvalue weighted by atomic mass is 79.9. The summed E-state index contributed by atoms with van der Waals surface area (Å²) < 4.78 is 2.35. The van der Waals surface area contributed by atoms with E-state index in [1.165, 1.54) is 23.7 Å². The molecule has 1 aliphatic rings. The second-order valence-electron chi connectivity index (χ2n) is 6.68. The first kappa shape index (κ1) is 17.1. The zero-order valence-corrected chi connectivity index (χ0v) is 15.4. The van der Waals surface area contributed by atoms with E-state index in [1.54, 1.807) is 6.07 Å². The summed E-state index contributed by atoms with van der Waals surface area (Å²) in [6.45, 7) is 2.61. The van der Waals surface area contributed by atoms with E-state index in [0.29, 0.717) is 23.9 Å². The lowest BCUT2D eigenvalue weighted by molar-refractivity contribution is -0.122. The van der Waals surface area contributed by atoms with E-state index < -0.39 is 0 Å². The maximum atomic E-state index is 12.5. The Balaban J connectivity index is 1.62. The van der Waals surface area contributed by atoms with Gasteiger partial charge in [0.05, 0.1) is 17.2 Å². The van der Waals surface area contributed by atoms with Crippen LogP contribution in [0.15, 0.2) is 33.8 Å². The Morgan fingerprint density at radius 2 is 2.08 bits per heavy atom. The van der Waals surface area contributed by atoms with E-state index >= 15 is 0 Å². The summed E-state index contributed by atoms with van der Waals surface area (Å²) in [6, 6.07) is 5.72. The fraction of sp³-hybridized carbons (Fsp3) is 0.500. The summed E-state index contributed by atoms with van der Waals surface area (Å²) in [6.07, 6.45) is 6.28. The minimum atomic E-state index is -0.111. The van der Waals surface area contributed by atoms with Gasteiger partial charge in [-0.25, -0.2) is 4.98 Å². The molecule has 5 nitrogen and oxygen atoms in total. The number of aromatic nitrogens is 2. The van der Waals surface area contributed by atoms with Crippen molar-refractivity contribution in [2.45, 2.75) is 51.6 Å². The Labute approximate surface area is 149 Å². The molecule has 3 rings (SSSR count). The van der Waals surface area contributed by atoms with Crippen molar-refractivity contribution < 1.29 is 4.79 Å². The Morgan fingerprint density at radius 1 is 1.33 bits per heavy atom. The van der Waals surface area contributed by atoms with Crippen molar-refractivity contribution in [1.82, 2.24) is 14.9 Å². The molecule has 0 bridgehead atoms. The highest BCUT2D eigenvalue weighted by Gasteiger charge is 2.19. The lowest BCUT2D eigenvalue weighted by atomic mass is 9.87. The van der Waals surface area contributed by atoms with Crippen LogP contribution in [-0.4, -0.2) is 21.5 Å². The summed E-state index contributed by atoms with van der Waals surface area (Å²) in [5.41, 5.74) is 0.556. The van der Waals surface area contributed by atoms with Gasteiger partial charge in [-0.3, -0.25) is 14.2 Å². The molecule has 0 unspecified atom stereocenters. The first-order valence-corrected chi connectivity index (χ1v) is 9.26. The zero-order chi connectivity index (χ0) is 17.1. The molecular weight excluding hydrogens is 370 g/mol. The van der Waals surface area contributed by atoms with Crippen LogP contribution in [0.1, 0.15) is 39.0 Å². The van der Waals surface area contributed by atoms with Gasteiger partial charge in [-0.1, -0.05) is 22.9 Å². The van der Waals surface area contributed by atoms with Crippen LogP contribution in [0.5, 0.6) is 0 Å². The fourth-order valence-electron chi connectivity index (χ4n) is 3.22. The molecule has 1 aliphatic carbocycles. The standard InChI is InChI=1S/C18H22BrN3O2/c1-12-2-5-14(6-3-12)21-17(23)8-9-22-11-20-16-7-4-13(19)10-15(16)18(22)24/h4,7,10-12,14H,2-3,5-6,8-9H2,1H3,(H,21,23). The van der Waals surface area contributed by atoms with Gasteiger partial charge < -0.3 is 5.32 Å². The van der Waals surface area contributed by atoms with E-state index in [-0.39, 0.29) is 17.5 Å². The zero-order valence-electron chi connectivity index (χ0n) is 13.8. The van der Waals surface area contributed by atoms with Gasteiger partial charge in [0.25, 0.3) is 5.56 Å². The number of halogens is 1. The smallest absolute Gasteiger partial charge is 0.261 e. The molecule has 1 aromatic carbocycles. The quantitative estimate of drug-likeness (QED) is 0.869. The van der Waals surface area contributed by atoms with Crippen molar-refractivity contribution in [1.29, 1.82) is 0 Å². The average molecular weight is 392 g/mol. The number of hydrogen-bond acceptors (Lipinski definition) is 3. The number of carbonyl (C=O) groups excluding carboxylic acids is 1. The molecule has 0 saturated heterocycles. The van der Waals surface area contributed by atoms with Gasteiger partial charge >= 0.3 is 0 Å². The molecule has 0 radical (unpaired) electrons. The van der Waals surface area contributed by atoms with E-state index in [0.717, 1.165) is 23.2 Å². The number of benzene rings is 1. The van der Waals surface area contributed by atoms with E-state index in [1.807, 2.05) is 12.1 Å². The largest absolute Gasteiger partial charge is 0.353 e. The maximum Gasteiger partial charge on any atom is 0.261 e. The summed E-state index contributed by atoms with van der Waals surface area (Å²) >= 11 is 3.37. The lowest BCUT2D eigenvalue weighted by Gasteiger charge is -2.26. The molecule has 1 fully saturated rings. The Kier molecular flexibility index (Phi) is 5.33. The number of nitrogens with one attached hydrogen (secondary N) is 1. The van der Waals surface area contributed by atoms with Gasteiger partial charge in [-0.15, -0.1) is 0 Å². The molecule has 0 atom stereocenters. The molecule has 1 saturated carbocycles. The van der Waals surface area contributed by atoms with E-state index in [9.17, 15) is 9.59 Å². The second-order valence-corrected chi connectivity index (χ2v) is 7.59. The maximum absolute atomic E-state index is 12.5. The minimum absolute atomic E-state index is 0.00999. The number of rotatable bonds is 4. The van der Waals surface area contributed by atoms with Crippen LogP contribution < -0.4 is 10.9 Å². The van der Waals surface area contributed by atoms with Crippen molar-refractivity contribution in [3.63, 3.8) is 0 Å². The van der Waals surface area contributed by atoms with E-state index in [4.69, 9.17) is 0 Å². The molecular formula is C18H22BrN3O2. The SMILES string of the molecule is CC1CCC(NC(=O)CCn2cnc3ccc(Br)cc3c2=O)CC1. The van der Waals surface area contributed by atoms with Gasteiger partial charge in [0.1, 0.15) is 0 Å². The summed E-state index contributed by atoms with van der Waals surface area (Å²) in [4.78, 5) is 28.9. The van der Waals surface area contributed by atoms with Crippen molar-refractivity contribution in [2.75, 3.05) is 0 Å². The molecule has 128 valence electrons. The average Bonchev–Trinajstić information content (AvgIpc) is 2.57. The van der Waals surface area contributed by atoms with Gasteiger partial charge in [0.2, 0.25) is 5.91 Å². The Morgan fingerprint density at radius 3 is 2.83 bits per heavy atom. The molecule has 0 aliphatic heterocycles. The summed E-state index contributed by atoms with van der Waals surface area (Å²) in [7, 11) is 0. The molecule has 1 aromatic heterocycles. The van der Waals surface area contributed by atoms with Gasteiger partial charge in [-0.2, -0.15) is 0 Å². The number of aryl methyl sites for hydroxylation is 1. The van der Waals surface area contributed by atoms with Gasteiger partial charge in [0.15, 0.2) is 0 Å². The molecule has 2 aromatic rings. The summed E-state index contributed by atoms with van der Waals surface area (Å²) in [5.74, 6) is 0.774. The number of nitrogens with zero attached hydrogens (tertiary/aromatic N) is 2. The Hall–Kier alpha value is -1.69. The fourth-order valence-corrected chi connectivity index (χ4v) is 3.58. The second kappa shape index (κ2) is 7.47. The topological polar surface area (TPSA) is 64.0 Å². The van der Waals surface area contributed by atoms with Gasteiger partial charge in [-0.05, 0) is 49.8 Å². The predicted molar refractivity (Wildman–Crippen MR) is 97.9 cm³/mol. The molecule has 6 heteroatoms.